The number of benzene rings is 1. The van der Waals surface area contributed by atoms with Gasteiger partial charge >= 0.3 is 5.97 Å². The quantitative estimate of drug-likeness (QED) is 0.891. The summed E-state index contributed by atoms with van der Waals surface area (Å²) >= 11 is 0. The molecule has 4 heteroatoms. The molecule has 4 nitrogen and oxygen atoms in total. The number of carbonyl (C=O) groups is 2. The number of aromatic carboxylic acids is 1. The zero-order valence-corrected chi connectivity index (χ0v) is 12.2. The van der Waals surface area contributed by atoms with Crippen molar-refractivity contribution >= 4 is 11.9 Å². The highest BCUT2D eigenvalue weighted by Crippen LogP contribution is 2.30. The predicted molar refractivity (Wildman–Crippen MR) is 77.2 cm³/mol. The summed E-state index contributed by atoms with van der Waals surface area (Å²) in [7, 11) is 0. The molecule has 0 aliphatic heterocycles. The summed E-state index contributed by atoms with van der Waals surface area (Å²) in [5.41, 5.74) is 1.52. The van der Waals surface area contributed by atoms with Gasteiger partial charge in [-0.2, -0.15) is 0 Å². The van der Waals surface area contributed by atoms with Crippen molar-refractivity contribution in [2.24, 2.45) is 0 Å². The average molecular weight is 275 g/mol. The minimum atomic E-state index is -1.05. The van der Waals surface area contributed by atoms with Crippen LogP contribution in [0.4, 0.5) is 0 Å². The Kier molecular flexibility index (Phi) is 3.84. The largest absolute Gasteiger partial charge is 0.478 e. The highest BCUT2D eigenvalue weighted by molar-refractivity contribution is 6.07. The molecule has 1 amide bonds. The highest BCUT2D eigenvalue weighted by atomic mass is 16.4. The van der Waals surface area contributed by atoms with Crippen molar-refractivity contribution in [3.05, 3.63) is 34.4 Å². The van der Waals surface area contributed by atoms with Gasteiger partial charge in [0, 0.05) is 5.54 Å². The number of carbonyl (C=O) groups excluding carboxylic acids is 1. The second-order valence-electron chi connectivity index (χ2n) is 5.98. The molecule has 0 saturated heterocycles. The first kappa shape index (κ1) is 14.6. The molecule has 2 rings (SSSR count). The van der Waals surface area contributed by atoms with Crippen molar-refractivity contribution in [2.45, 2.75) is 52.0 Å². The lowest BCUT2D eigenvalue weighted by atomic mass is 9.94. The number of amides is 1. The van der Waals surface area contributed by atoms with Crippen LogP contribution in [0, 0.1) is 13.8 Å². The van der Waals surface area contributed by atoms with Crippen LogP contribution in [-0.4, -0.2) is 22.5 Å². The minimum Gasteiger partial charge on any atom is -0.478 e. The maximum absolute atomic E-state index is 12.5. The second kappa shape index (κ2) is 5.27. The van der Waals surface area contributed by atoms with E-state index < -0.39 is 5.97 Å². The van der Waals surface area contributed by atoms with Gasteiger partial charge < -0.3 is 10.4 Å². The SMILES string of the molecule is Cc1ccc(C)c(C(=O)NC2(C)CCCC2)c1C(=O)O. The standard InChI is InChI=1S/C16H21NO3/c1-10-6-7-11(2)13(15(19)20)12(10)14(18)17-16(3)8-4-5-9-16/h6-7H,4-5,8-9H2,1-3H3,(H,17,18)(H,19,20). The third kappa shape index (κ3) is 2.69. The fourth-order valence-electron chi connectivity index (χ4n) is 3.00. The van der Waals surface area contributed by atoms with Crippen LogP contribution in [0.25, 0.3) is 0 Å². The minimum absolute atomic E-state index is 0.115. The Morgan fingerprint density at radius 3 is 2.10 bits per heavy atom. The van der Waals surface area contributed by atoms with Crippen molar-refractivity contribution in [2.75, 3.05) is 0 Å². The van der Waals surface area contributed by atoms with E-state index in [-0.39, 0.29) is 17.0 Å². The molecule has 1 aliphatic carbocycles. The molecule has 0 atom stereocenters. The molecule has 1 aromatic carbocycles. The van der Waals surface area contributed by atoms with Gasteiger partial charge in [-0.25, -0.2) is 4.79 Å². The Morgan fingerprint density at radius 2 is 1.60 bits per heavy atom. The van der Waals surface area contributed by atoms with Gasteiger partial charge in [-0.3, -0.25) is 4.79 Å². The van der Waals surface area contributed by atoms with Crippen molar-refractivity contribution in [1.29, 1.82) is 0 Å². The fraction of sp³-hybridized carbons (Fsp3) is 0.500. The lowest BCUT2D eigenvalue weighted by Gasteiger charge is -2.26. The summed E-state index contributed by atoms with van der Waals surface area (Å²) in [5, 5.41) is 12.4. The zero-order valence-electron chi connectivity index (χ0n) is 12.2. The zero-order chi connectivity index (χ0) is 14.9. The first-order valence-corrected chi connectivity index (χ1v) is 7.00. The van der Waals surface area contributed by atoms with Crippen molar-refractivity contribution in [3.63, 3.8) is 0 Å². The smallest absolute Gasteiger partial charge is 0.336 e. The lowest BCUT2D eigenvalue weighted by molar-refractivity contribution is 0.0688. The number of carboxylic acid groups (broad SMARTS) is 1. The average Bonchev–Trinajstić information content (AvgIpc) is 2.77. The Bertz CT molecular complexity index is 557. The summed E-state index contributed by atoms with van der Waals surface area (Å²) in [4.78, 5) is 24.0. The van der Waals surface area contributed by atoms with E-state index in [0.717, 1.165) is 25.7 Å². The molecular formula is C16H21NO3. The second-order valence-corrected chi connectivity index (χ2v) is 5.98. The number of nitrogens with one attached hydrogen (secondary N) is 1. The van der Waals surface area contributed by atoms with Crippen LogP contribution < -0.4 is 5.32 Å². The summed E-state index contributed by atoms with van der Waals surface area (Å²) in [5.74, 6) is -1.32. The lowest BCUT2D eigenvalue weighted by Crippen LogP contribution is -2.44. The van der Waals surface area contributed by atoms with Crippen LogP contribution in [0.2, 0.25) is 0 Å². The Morgan fingerprint density at radius 1 is 1.10 bits per heavy atom. The Labute approximate surface area is 119 Å². The Balaban J connectivity index is 2.39. The molecule has 108 valence electrons. The number of carboxylic acids is 1. The molecule has 0 unspecified atom stereocenters. The third-order valence-corrected chi connectivity index (χ3v) is 4.19. The van der Waals surface area contributed by atoms with Gasteiger partial charge in [0.1, 0.15) is 0 Å². The molecule has 20 heavy (non-hydrogen) atoms. The summed E-state index contributed by atoms with van der Waals surface area (Å²) < 4.78 is 0. The van der Waals surface area contributed by atoms with Crippen LogP contribution in [0.5, 0.6) is 0 Å². The third-order valence-electron chi connectivity index (χ3n) is 4.19. The molecule has 0 aromatic heterocycles. The topological polar surface area (TPSA) is 66.4 Å². The van der Waals surface area contributed by atoms with E-state index in [9.17, 15) is 14.7 Å². The molecule has 1 saturated carbocycles. The van der Waals surface area contributed by atoms with Crippen molar-refractivity contribution in [1.82, 2.24) is 5.32 Å². The number of hydrogen-bond acceptors (Lipinski definition) is 2. The van der Waals surface area contributed by atoms with Crippen LogP contribution in [-0.2, 0) is 0 Å². The van der Waals surface area contributed by atoms with Gasteiger partial charge in [-0.15, -0.1) is 0 Å². The molecule has 0 spiro atoms. The van der Waals surface area contributed by atoms with Gasteiger partial charge in [0.05, 0.1) is 11.1 Å². The summed E-state index contributed by atoms with van der Waals surface area (Å²) in [6, 6.07) is 3.54. The maximum atomic E-state index is 12.5. The van der Waals surface area contributed by atoms with E-state index in [1.54, 1.807) is 26.0 Å². The highest BCUT2D eigenvalue weighted by Gasteiger charge is 2.32. The van der Waals surface area contributed by atoms with E-state index in [0.29, 0.717) is 16.7 Å². The van der Waals surface area contributed by atoms with E-state index in [1.807, 2.05) is 6.92 Å². The molecule has 2 N–H and O–H groups in total. The number of aryl methyl sites for hydroxylation is 2. The van der Waals surface area contributed by atoms with Crippen LogP contribution in [0.15, 0.2) is 12.1 Å². The Hall–Kier alpha value is -1.84. The van der Waals surface area contributed by atoms with Crippen LogP contribution >= 0.6 is 0 Å². The monoisotopic (exact) mass is 275 g/mol. The first-order valence-electron chi connectivity index (χ1n) is 7.00. The van der Waals surface area contributed by atoms with Crippen molar-refractivity contribution in [3.8, 4) is 0 Å². The summed E-state index contributed by atoms with van der Waals surface area (Å²) in [6.45, 7) is 5.53. The van der Waals surface area contributed by atoms with Crippen LogP contribution in [0.1, 0.15) is 64.4 Å². The van der Waals surface area contributed by atoms with Crippen LogP contribution in [0.3, 0.4) is 0 Å². The predicted octanol–water partition coefficient (Wildman–Crippen LogP) is 3.06. The molecular weight excluding hydrogens is 254 g/mol. The molecule has 1 fully saturated rings. The van der Waals surface area contributed by atoms with Gasteiger partial charge in [0.15, 0.2) is 0 Å². The van der Waals surface area contributed by atoms with Crippen molar-refractivity contribution < 1.29 is 14.7 Å². The molecule has 0 heterocycles. The van der Waals surface area contributed by atoms with E-state index in [1.165, 1.54) is 0 Å². The van der Waals surface area contributed by atoms with E-state index in [2.05, 4.69) is 5.32 Å². The molecule has 1 aromatic rings. The molecule has 1 aliphatic rings. The fourth-order valence-corrected chi connectivity index (χ4v) is 3.00. The molecule has 0 radical (unpaired) electrons. The normalized spacial score (nSPS) is 16.9. The number of hydrogen-bond donors (Lipinski definition) is 2. The number of rotatable bonds is 3. The molecule has 0 bridgehead atoms. The van der Waals surface area contributed by atoms with Gasteiger partial charge in [0.25, 0.3) is 5.91 Å². The van der Waals surface area contributed by atoms with Gasteiger partial charge in [-0.1, -0.05) is 25.0 Å². The van der Waals surface area contributed by atoms with Gasteiger partial charge in [0.2, 0.25) is 0 Å². The van der Waals surface area contributed by atoms with E-state index in [4.69, 9.17) is 0 Å². The van der Waals surface area contributed by atoms with Gasteiger partial charge in [-0.05, 0) is 44.7 Å². The first-order chi connectivity index (χ1) is 9.34. The summed E-state index contributed by atoms with van der Waals surface area (Å²) in [6.07, 6.45) is 4.11. The maximum Gasteiger partial charge on any atom is 0.336 e. The van der Waals surface area contributed by atoms with E-state index >= 15 is 0 Å².